The van der Waals surface area contributed by atoms with Crippen LogP contribution in [0.25, 0.3) is 11.4 Å². The van der Waals surface area contributed by atoms with Gasteiger partial charge in [-0.2, -0.15) is 0 Å². The molecule has 0 fully saturated rings. The molecule has 0 atom stereocenters. The number of carbonyl (C=O) groups excluding carboxylic acids is 1. The van der Waals surface area contributed by atoms with E-state index in [0.717, 1.165) is 35.5 Å². The van der Waals surface area contributed by atoms with Crippen LogP contribution in [0.3, 0.4) is 0 Å². The lowest BCUT2D eigenvalue weighted by molar-refractivity contribution is -0.384. The van der Waals surface area contributed by atoms with Crippen LogP contribution in [0, 0.1) is 15.9 Å². The summed E-state index contributed by atoms with van der Waals surface area (Å²) in [5, 5.41) is 22.2. The first-order chi connectivity index (χ1) is 14.0. The van der Waals surface area contributed by atoms with Gasteiger partial charge in [-0.3, -0.25) is 24.5 Å². The number of carbonyl (C=O) groups is 1. The van der Waals surface area contributed by atoms with E-state index in [2.05, 4.69) is 27.1 Å². The number of pyridine rings is 1. The third-order valence-corrected chi connectivity index (χ3v) is 4.70. The SMILES string of the molecule is C=CCn1c(SCC(=O)Nc2ccc(F)cc2[N+](=O)[O-])nnc1-c1ccncc1. The molecule has 148 valence electrons. The van der Waals surface area contributed by atoms with Gasteiger partial charge in [0, 0.05) is 24.5 Å². The lowest BCUT2D eigenvalue weighted by Crippen LogP contribution is -2.15. The Labute approximate surface area is 168 Å². The van der Waals surface area contributed by atoms with Crippen LogP contribution in [0.2, 0.25) is 0 Å². The van der Waals surface area contributed by atoms with E-state index in [4.69, 9.17) is 0 Å². The van der Waals surface area contributed by atoms with Crippen molar-refractivity contribution < 1.29 is 14.1 Å². The summed E-state index contributed by atoms with van der Waals surface area (Å²) in [5.74, 6) is -0.724. The zero-order chi connectivity index (χ0) is 20.8. The summed E-state index contributed by atoms with van der Waals surface area (Å²) in [6, 6.07) is 6.52. The van der Waals surface area contributed by atoms with Crippen molar-refractivity contribution in [2.75, 3.05) is 11.1 Å². The minimum absolute atomic E-state index is 0.0693. The van der Waals surface area contributed by atoms with Crippen LogP contribution in [0.1, 0.15) is 0 Å². The summed E-state index contributed by atoms with van der Waals surface area (Å²) in [4.78, 5) is 26.5. The molecule has 0 saturated carbocycles. The Bertz CT molecular complexity index is 1060. The molecule has 11 heteroatoms. The smallest absolute Gasteiger partial charge is 0.295 e. The minimum atomic E-state index is -0.759. The van der Waals surface area contributed by atoms with E-state index in [1.165, 1.54) is 0 Å². The molecule has 0 radical (unpaired) electrons. The van der Waals surface area contributed by atoms with Gasteiger partial charge in [0.2, 0.25) is 5.91 Å². The molecule has 9 nitrogen and oxygen atoms in total. The average molecular weight is 414 g/mol. The van der Waals surface area contributed by atoms with Crippen molar-refractivity contribution in [3.05, 3.63) is 71.3 Å². The number of allylic oxidation sites excluding steroid dienone is 1. The molecule has 0 aliphatic carbocycles. The average Bonchev–Trinajstić information content (AvgIpc) is 3.11. The largest absolute Gasteiger partial charge is 0.320 e. The molecule has 1 aromatic carbocycles. The van der Waals surface area contributed by atoms with Gasteiger partial charge < -0.3 is 5.32 Å². The highest BCUT2D eigenvalue weighted by Crippen LogP contribution is 2.27. The summed E-state index contributed by atoms with van der Waals surface area (Å²) in [6.07, 6.45) is 4.95. The second kappa shape index (κ2) is 9.06. The summed E-state index contributed by atoms with van der Waals surface area (Å²) >= 11 is 1.12. The Balaban J connectivity index is 1.73. The molecule has 2 heterocycles. The standard InChI is InChI=1S/C18H15FN6O3S/c1-2-9-24-17(12-5-7-20-8-6-12)22-23-18(24)29-11-16(26)21-14-4-3-13(19)10-15(14)25(27)28/h2-8,10H,1,9,11H2,(H,21,26). The number of thioether (sulfide) groups is 1. The van der Waals surface area contributed by atoms with Gasteiger partial charge in [0.25, 0.3) is 5.69 Å². The molecule has 0 unspecified atom stereocenters. The van der Waals surface area contributed by atoms with Crippen molar-refractivity contribution in [1.29, 1.82) is 0 Å². The monoisotopic (exact) mass is 414 g/mol. The van der Waals surface area contributed by atoms with Crippen LogP contribution >= 0.6 is 11.8 Å². The van der Waals surface area contributed by atoms with E-state index in [1.807, 2.05) is 0 Å². The van der Waals surface area contributed by atoms with Gasteiger partial charge >= 0.3 is 0 Å². The molecule has 1 amide bonds. The topological polar surface area (TPSA) is 116 Å². The number of nitro groups is 1. The molecular weight excluding hydrogens is 399 g/mol. The molecule has 2 aromatic heterocycles. The number of aromatic nitrogens is 4. The Kier molecular flexibility index (Phi) is 6.29. The fourth-order valence-electron chi connectivity index (χ4n) is 2.48. The molecule has 0 spiro atoms. The predicted octanol–water partition coefficient (Wildman–Crippen LogP) is 3.30. The summed E-state index contributed by atoms with van der Waals surface area (Å²) in [5.41, 5.74) is 0.220. The molecule has 0 aliphatic rings. The van der Waals surface area contributed by atoms with Gasteiger partial charge in [-0.05, 0) is 24.3 Å². The maximum absolute atomic E-state index is 13.2. The van der Waals surface area contributed by atoms with Gasteiger partial charge in [-0.25, -0.2) is 4.39 Å². The van der Waals surface area contributed by atoms with Crippen LogP contribution in [0.15, 0.2) is 60.5 Å². The zero-order valence-corrected chi connectivity index (χ0v) is 15.8. The van der Waals surface area contributed by atoms with Crippen LogP contribution < -0.4 is 5.32 Å². The fraction of sp³-hybridized carbons (Fsp3) is 0.111. The van der Waals surface area contributed by atoms with Gasteiger partial charge in [0.05, 0.1) is 16.7 Å². The third kappa shape index (κ3) is 4.82. The lowest BCUT2D eigenvalue weighted by Gasteiger charge is -2.08. The molecule has 0 bridgehead atoms. The summed E-state index contributed by atoms with van der Waals surface area (Å²) in [7, 11) is 0. The molecule has 3 aromatic rings. The minimum Gasteiger partial charge on any atom is -0.320 e. The number of hydrogen-bond acceptors (Lipinski definition) is 7. The van der Waals surface area contributed by atoms with Gasteiger partial charge in [-0.15, -0.1) is 16.8 Å². The highest BCUT2D eigenvalue weighted by molar-refractivity contribution is 7.99. The molecular formula is C18H15FN6O3S. The van der Waals surface area contributed by atoms with Crippen molar-refractivity contribution in [3.8, 4) is 11.4 Å². The van der Waals surface area contributed by atoms with Crippen LogP contribution in [0.5, 0.6) is 0 Å². The second-order valence-electron chi connectivity index (χ2n) is 5.70. The van der Waals surface area contributed by atoms with Crippen molar-refractivity contribution in [2.45, 2.75) is 11.7 Å². The Morgan fingerprint density at radius 3 is 2.76 bits per heavy atom. The first-order valence-corrected chi connectivity index (χ1v) is 9.29. The Morgan fingerprint density at radius 1 is 1.31 bits per heavy atom. The lowest BCUT2D eigenvalue weighted by atomic mass is 10.2. The first-order valence-electron chi connectivity index (χ1n) is 8.30. The molecule has 29 heavy (non-hydrogen) atoms. The number of anilines is 1. The number of amides is 1. The third-order valence-electron chi connectivity index (χ3n) is 3.73. The second-order valence-corrected chi connectivity index (χ2v) is 6.64. The van der Waals surface area contributed by atoms with Crippen molar-refractivity contribution in [3.63, 3.8) is 0 Å². The van der Waals surface area contributed by atoms with Crippen LogP contribution in [-0.4, -0.2) is 36.3 Å². The number of benzene rings is 1. The van der Waals surface area contributed by atoms with E-state index in [0.29, 0.717) is 17.5 Å². The number of hydrogen-bond donors (Lipinski definition) is 1. The highest BCUT2D eigenvalue weighted by atomic mass is 32.2. The molecule has 0 aliphatic heterocycles. The zero-order valence-electron chi connectivity index (χ0n) is 15.0. The Morgan fingerprint density at radius 2 is 2.07 bits per heavy atom. The Hall–Kier alpha value is -3.60. The molecule has 3 rings (SSSR count). The predicted molar refractivity (Wildman–Crippen MR) is 106 cm³/mol. The van der Waals surface area contributed by atoms with Crippen molar-refractivity contribution in [1.82, 2.24) is 19.7 Å². The van der Waals surface area contributed by atoms with E-state index >= 15 is 0 Å². The van der Waals surface area contributed by atoms with E-state index < -0.39 is 22.3 Å². The van der Waals surface area contributed by atoms with E-state index in [9.17, 15) is 19.3 Å². The van der Waals surface area contributed by atoms with E-state index in [1.54, 1.807) is 35.2 Å². The van der Waals surface area contributed by atoms with Crippen LogP contribution in [-0.2, 0) is 11.3 Å². The van der Waals surface area contributed by atoms with Gasteiger partial charge in [0.15, 0.2) is 11.0 Å². The maximum Gasteiger partial charge on any atom is 0.295 e. The number of nitrogens with one attached hydrogen (secondary N) is 1. The maximum atomic E-state index is 13.2. The van der Waals surface area contributed by atoms with E-state index in [-0.39, 0.29) is 11.4 Å². The number of halogens is 1. The van der Waals surface area contributed by atoms with Crippen molar-refractivity contribution in [2.24, 2.45) is 0 Å². The van der Waals surface area contributed by atoms with Crippen molar-refractivity contribution >= 4 is 29.0 Å². The quantitative estimate of drug-likeness (QED) is 0.260. The molecule has 1 N–H and O–H groups in total. The van der Waals surface area contributed by atoms with Crippen LogP contribution in [0.4, 0.5) is 15.8 Å². The summed E-state index contributed by atoms with van der Waals surface area (Å²) < 4.78 is 15.0. The van der Waals surface area contributed by atoms with Gasteiger partial charge in [-0.1, -0.05) is 17.8 Å². The fourth-order valence-corrected chi connectivity index (χ4v) is 3.23. The van der Waals surface area contributed by atoms with Gasteiger partial charge in [0.1, 0.15) is 11.5 Å². The number of nitrogens with zero attached hydrogens (tertiary/aromatic N) is 5. The first kappa shape index (κ1) is 20.1. The molecule has 0 saturated heterocycles. The number of rotatable bonds is 8. The summed E-state index contributed by atoms with van der Waals surface area (Å²) in [6.45, 7) is 4.15. The number of nitro benzene ring substituents is 1. The highest BCUT2D eigenvalue weighted by Gasteiger charge is 2.19. The normalized spacial score (nSPS) is 10.5.